The van der Waals surface area contributed by atoms with Crippen LogP contribution in [0.25, 0.3) is 22.2 Å². The van der Waals surface area contributed by atoms with E-state index in [1.54, 1.807) is 0 Å². The van der Waals surface area contributed by atoms with Gasteiger partial charge >= 0.3 is 0 Å². The highest BCUT2D eigenvalue weighted by molar-refractivity contribution is 5.96. The number of hydrogen-bond donors (Lipinski definition) is 1. The Morgan fingerprint density at radius 2 is 1.84 bits per heavy atom. The number of benzene rings is 2. The molecule has 2 aromatic heterocycles. The third-order valence-electron chi connectivity index (χ3n) is 8.60. The Labute approximate surface area is 226 Å². The van der Waals surface area contributed by atoms with Gasteiger partial charge in [0, 0.05) is 40.9 Å². The molecule has 198 valence electrons. The van der Waals surface area contributed by atoms with Crippen LogP contribution in [0.5, 0.6) is 5.75 Å². The summed E-state index contributed by atoms with van der Waals surface area (Å²) >= 11 is 0. The number of pyridine rings is 1. The van der Waals surface area contributed by atoms with E-state index >= 15 is 0 Å². The second-order valence-corrected chi connectivity index (χ2v) is 11.6. The molecular weight excluding hydrogens is 468 g/mol. The number of hydrogen-bond acceptors (Lipinski definition) is 4. The molecule has 6 rings (SSSR count). The Morgan fingerprint density at radius 1 is 1.03 bits per heavy atom. The molecule has 1 saturated carbocycles. The van der Waals surface area contributed by atoms with E-state index in [0.29, 0.717) is 18.1 Å². The fourth-order valence-corrected chi connectivity index (χ4v) is 6.57. The van der Waals surface area contributed by atoms with Gasteiger partial charge in [0.15, 0.2) is 0 Å². The largest absolute Gasteiger partial charge is 0.490 e. The second kappa shape index (κ2) is 10.5. The SMILES string of the molecule is Cc1nc(-c2cccc3[nH]nc(C(C)C)c23)cc(OC2CCCC2)c1CN(C)[C@H]1CCCc2ccccc21. The standard InChI is InChI=1S/C33H40N4O/c1-21(2)33-32-26(16-10-17-28(32)35-36-33)29-19-31(38-24-13-6-7-14-24)27(22(3)34-29)20-37(4)30-18-9-12-23-11-5-8-15-25(23)30/h5,8,10-11,15-17,19,21,24,30H,6-7,9,12-14,18,20H2,1-4H3,(H,35,36)/t30-/m0/s1. The van der Waals surface area contributed by atoms with Gasteiger partial charge in [0.2, 0.25) is 0 Å². The lowest BCUT2D eigenvalue weighted by Crippen LogP contribution is -2.28. The lowest BCUT2D eigenvalue weighted by atomic mass is 9.87. The summed E-state index contributed by atoms with van der Waals surface area (Å²) in [7, 11) is 2.26. The summed E-state index contributed by atoms with van der Waals surface area (Å²) in [6.45, 7) is 7.37. The third kappa shape index (κ3) is 4.73. The zero-order valence-corrected chi connectivity index (χ0v) is 23.3. The molecule has 0 unspecified atom stereocenters. The summed E-state index contributed by atoms with van der Waals surface area (Å²) < 4.78 is 6.79. The van der Waals surface area contributed by atoms with Crippen LogP contribution in [0.15, 0.2) is 48.5 Å². The van der Waals surface area contributed by atoms with E-state index in [1.807, 2.05) is 0 Å². The summed E-state index contributed by atoms with van der Waals surface area (Å²) in [4.78, 5) is 7.71. The molecule has 4 aromatic rings. The fraction of sp³-hybridized carbons (Fsp3) is 0.455. The summed E-state index contributed by atoms with van der Waals surface area (Å²) in [5, 5.41) is 9.05. The maximum Gasteiger partial charge on any atom is 0.128 e. The topological polar surface area (TPSA) is 54.0 Å². The normalized spacial score (nSPS) is 18.0. The van der Waals surface area contributed by atoms with Crippen LogP contribution in [-0.2, 0) is 13.0 Å². The van der Waals surface area contributed by atoms with Crippen LogP contribution < -0.4 is 4.74 Å². The zero-order valence-electron chi connectivity index (χ0n) is 23.3. The monoisotopic (exact) mass is 508 g/mol. The molecule has 38 heavy (non-hydrogen) atoms. The van der Waals surface area contributed by atoms with Gasteiger partial charge in [-0.15, -0.1) is 0 Å². The molecular formula is C33H40N4O. The minimum Gasteiger partial charge on any atom is -0.490 e. The summed E-state index contributed by atoms with van der Waals surface area (Å²) in [5.74, 6) is 1.33. The number of fused-ring (bicyclic) bond motifs is 2. The van der Waals surface area contributed by atoms with Crippen molar-refractivity contribution in [2.75, 3.05) is 7.05 Å². The van der Waals surface area contributed by atoms with E-state index < -0.39 is 0 Å². The number of rotatable bonds is 7. The van der Waals surface area contributed by atoms with Gasteiger partial charge in [-0.1, -0.05) is 50.2 Å². The number of aryl methyl sites for hydroxylation is 2. The van der Waals surface area contributed by atoms with Gasteiger partial charge < -0.3 is 4.74 Å². The highest BCUT2D eigenvalue weighted by atomic mass is 16.5. The Hall–Kier alpha value is -3.18. The van der Waals surface area contributed by atoms with Gasteiger partial charge in [0.05, 0.1) is 23.0 Å². The Bertz CT molecular complexity index is 1430. The molecule has 0 aliphatic heterocycles. The molecule has 5 heteroatoms. The first-order valence-electron chi connectivity index (χ1n) is 14.4. The van der Waals surface area contributed by atoms with E-state index in [1.165, 1.54) is 54.2 Å². The van der Waals surface area contributed by atoms with Crippen LogP contribution in [-0.4, -0.2) is 33.2 Å². The van der Waals surface area contributed by atoms with Crippen LogP contribution in [0.2, 0.25) is 0 Å². The van der Waals surface area contributed by atoms with Gasteiger partial charge in [0.1, 0.15) is 5.75 Å². The van der Waals surface area contributed by atoms with Crippen LogP contribution >= 0.6 is 0 Å². The Balaban J connectivity index is 1.40. The lowest BCUT2D eigenvalue weighted by molar-refractivity contribution is 0.189. The first kappa shape index (κ1) is 25.1. The predicted molar refractivity (Wildman–Crippen MR) is 155 cm³/mol. The first-order chi connectivity index (χ1) is 18.5. The molecule has 0 bridgehead atoms. The van der Waals surface area contributed by atoms with Crippen molar-refractivity contribution >= 4 is 10.9 Å². The highest BCUT2D eigenvalue weighted by Gasteiger charge is 2.27. The molecule has 0 spiro atoms. The van der Waals surface area contributed by atoms with Gasteiger partial charge in [-0.05, 0) is 82.0 Å². The fourth-order valence-electron chi connectivity index (χ4n) is 6.57. The van der Waals surface area contributed by atoms with E-state index in [0.717, 1.165) is 53.3 Å². The van der Waals surface area contributed by atoms with Crippen molar-refractivity contribution < 1.29 is 4.74 Å². The summed E-state index contributed by atoms with van der Waals surface area (Å²) in [6, 6.07) is 18.0. The van der Waals surface area contributed by atoms with Crippen molar-refractivity contribution in [3.05, 3.63) is 76.6 Å². The van der Waals surface area contributed by atoms with Gasteiger partial charge in [-0.2, -0.15) is 5.10 Å². The van der Waals surface area contributed by atoms with Crippen LogP contribution in [0.4, 0.5) is 0 Å². The van der Waals surface area contributed by atoms with Crippen LogP contribution in [0.1, 0.15) is 92.4 Å². The van der Waals surface area contributed by atoms with Crippen LogP contribution in [0, 0.1) is 6.92 Å². The number of H-pyrrole nitrogens is 1. The highest BCUT2D eigenvalue weighted by Crippen LogP contribution is 2.39. The third-order valence-corrected chi connectivity index (χ3v) is 8.60. The molecule has 0 amide bonds. The maximum atomic E-state index is 6.79. The number of aromatic amines is 1. The molecule has 2 aromatic carbocycles. The zero-order chi connectivity index (χ0) is 26.2. The number of ether oxygens (including phenoxy) is 1. The minimum absolute atomic E-state index is 0.292. The smallest absolute Gasteiger partial charge is 0.128 e. The van der Waals surface area contributed by atoms with Crippen molar-refractivity contribution in [1.29, 1.82) is 0 Å². The van der Waals surface area contributed by atoms with Gasteiger partial charge in [-0.3, -0.25) is 15.0 Å². The Kier molecular flexibility index (Phi) is 6.96. The first-order valence-corrected chi connectivity index (χ1v) is 14.4. The number of aromatic nitrogens is 3. The van der Waals surface area contributed by atoms with Gasteiger partial charge in [-0.25, -0.2) is 0 Å². The van der Waals surface area contributed by atoms with E-state index in [-0.39, 0.29) is 0 Å². The summed E-state index contributed by atoms with van der Waals surface area (Å²) in [6.07, 6.45) is 8.68. The molecule has 0 radical (unpaired) electrons. The molecule has 5 nitrogen and oxygen atoms in total. The lowest BCUT2D eigenvalue weighted by Gasteiger charge is -2.34. The van der Waals surface area contributed by atoms with Crippen molar-refractivity contribution in [3.63, 3.8) is 0 Å². The molecule has 2 aliphatic carbocycles. The van der Waals surface area contributed by atoms with Crippen molar-refractivity contribution in [2.45, 2.75) is 90.3 Å². The van der Waals surface area contributed by atoms with Crippen LogP contribution in [0.3, 0.4) is 0 Å². The minimum atomic E-state index is 0.292. The summed E-state index contributed by atoms with van der Waals surface area (Å²) in [5.41, 5.74) is 9.50. The average molecular weight is 509 g/mol. The van der Waals surface area contributed by atoms with Crippen molar-refractivity contribution in [2.24, 2.45) is 0 Å². The molecule has 1 N–H and O–H groups in total. The number of nitrogens with zero attached hydrogens (tertiary/aromatic N) is 3. The number of nitrogens with one attached hydrogen (secondary N) is 1. The van der Waals surface area contributed by atoms with E-state index in [9.17, 15) is 0 Å². The average Bonchev–Trinajstić information content (AvgIpc) is 3.60. The quantitative estimate of drug-likeness (QED) is 0.276. The Morgan fingerprint density at radius 3 is 2.66 bits per heavy atom. The van der Waals surface area contributed by atoms with Crippen molar-refractivity contribution in [1.82, 2.24) is 20.1 Å². The van der Waals surface area contributed by atoms with E-state index in [4.69, 9.17) is 9.72 Å². The maximum absolute atomic E-state index is 6.79. The molecule has 1 atom stereocenters. The molecule has 0 saturated heterocycles. The van der Waals surface area contributed by atoms with Crippen molar-refractivity contribution in [3.8, 4) is 17.0 Å². The van der Waals surface area contributed by atoms with E-state index in [2.05, 4.69) is 91.4 Å². The predicted octanol–water partition coefficient (Wildman–Crippen LogP) is 7.89. The molecule has 1 fully saturated rings. The van der Waals surface area contributed by atoms with Gasteiger partial charge in [0.25, 0.3) is 0 Å². The molecule has 2 aliphatic rings. The second-order valence-electron chi connectivity index (χ2n) is 11.6. The molecule has 2 heterocycles.